The van der Waals surface area contributed by atoms with Gasteiger partial charge < -0.3 is 4.42 Å². The molecule has 1 heterocycles. The van der Waals surface area contributed by atoms with Crippen molar-refractivity contribution in [3.63, 3.8) is 0 Å². The molecule has 0 unspecified atom stereocenters. The summed E-state index contributed by atoms with van der Waals surface area (Å²) in [7, 11) is 0. The van der Waals surface area contributed by atoms with Crippen LogP contribution in [0.25, 0.3) is 153 Å². The Kier molecular flexibility index (Phi) is 9.33. The molecule has 0 saturated carbocycles. The van der Waals surface area contributed by atoms with Crippen LogP contribution in [0.15, 0.2) is 271 Å². The molecule has 14 aromatic carbocycles. The van der Waals surface area contributed by atoms with Crippen LogP contribution in [0, 0.1) is 0 Å². The number of benzene rings is 14. The van der Waals surface area contributed by atoms with E-state index in [0.29, 0.717) is 0 Å². The van der Waals surface area contributed by atoms with E-state index in [4.69, 9.17) is 4.42 Å². The monoisotopic (exact) mass is 924 g/mol. The second-order valence-electron chi connectivity index (χ2n) is 19.4. The fourth-order valence-electron chi connectivity index (χ4n) is 12.2. The highest BCUT2D eigenvalue weighted by molar-refractivity contribution is 6.27. The van der Waals surface area contributed by atoms with Crippen LogP contribution in [0.5, 0.6) is 0 Å². The van der Waals surface area contributed by atoms with Gasteiger partial charge in [0.2, 0.25) is 0 Å². The molecule has 0 fully saturated rings. The van der Waals surface area contributed by atoms with E-state index in [1.165, 1.54) is 131 Å². The first-order chi connectivity index (χ1) is 36.2. The van der Waals surface area contributed by atoms with Crippen molar-refractivity contribution in [2.45, 2.75) is 0 Å². The fourth-order valence-corrected chi connectivity index (χ4v) is 12.2. The van der Waals surface area contributed by atoms with Crippen LogP contribution in [0.1, 0.15) is 0 Å². The van der Waals surface area contributed by atoms with Gasteiger partial charge in [0.05, 0.1) is 0 Å². The van der Waals surface area contributed by atoms with Crippen LogP contribution in [0.2, 0.25) is 0 Å². The predicted octanol–water partition coefficient (Wildman–Crippen LogP) is 20.5. The Bertz CT molecular complexity index is 4600. The van der Waals surface area contributed by atoms with Gasteiger partial charge in [-0.2, -0.15) is 0 Å². The number of hydrogen-bond acceptors (Lipinski definition) is 1. The lowest BCUT2D eigenvalue weighted by Crippen LogP contribution is -1.92. The van der Waals surface area contributed by atoms with Crippen LogP contribution in [0.4, 0.5) is 0 Å². The fraction of sp³-hybridized carbons (Fsp3) is 0. The third-order valence-corrected chi connectivity index (χ3v) is 15.4. The van der Waals surface area contributed by atoms with Crippen molar-refractivity contribution in [1.29, 1.82) is 0 Å². The smallest absolute Gasteiger partial charge is 0.136 e. The molecule has 0 spiro atoms. The van der Waals surface area contributed by atoms with Crippen molar-refractivity contribution in [1.82, 2.24) is 0 Å². The first-order valence-corrected chi connectivity index (χ1v) is 25.2. The molecule has 1 nitrogen and oxygen atoms in total. The van der Waals surface area contributed by atoms with Crippen LogP contribution in [-0.4, -0.2) is 0 Å². The standard InChI is InChI=1S/C72H44O/c1-2-17-48(18-3-1)68-53-21-4-6-23-55(53)69(56-24-7-5-22-54(56)68)49-39-35-47(36-40-49)52-30-14-19-45-37-41-50(43-64(45)52)51-42-38-46-20-15-31-61(65(46)44-51)70-57-25-8-10-27-59(57)71(60-28-11-9-26-58(60)70)63-32-16-34-67-72(63)62-29-12-13-33-66(62)73-67/h1-44H. The molecule has 0 saturated heterocycles. The van der Waals surface area contributed by atoms with E-state index in [1.807, 2.05) is 6.07 Å². The van der Waals surface area contributed by atoms with Gasteiger partial charge in [0.25, 0.3) is 0 Å². The third-order valence-electron chi connectivity index (χ3n) is 15.4. The second kappa shape index (κ2) is 16.5. The van der Waals surface area contributed by atoms with Gasteiger partial charge >= 0.3 is 0 Å². The molecule has 0 bridgehead atoms. The van der Waals surface area contributed by atoms with E-state index >= 15 is 0 Å². The highest BCUT2D eigenvalue weighted by Crippen LogP contribution is 2.49. The minimum absolute atomic E-state index is 0.903. The highest BCUT2D eigenvalue weighted by Gasteiger charge is 2.22. The molecule has 0 amide bonds. The number of furan rings is 1. The zero-order valence-electron chi connectivity index (χ0n) is 39.8. The van der Waals surface area contributed by atoms with Gasteiger partial charge in [-0.3, -0.25) is 0 Å². The largest absolute Gasteiger partial charge is 0.456 e. The zero-order valence-corrected chi connectivity index (χ0v) is 39.8. The number of hydrogen-bond donors (Lipinski definition) is 0. The minimum atomic E-state index is 0.903. The molecule has 15 aromatic rings. The van der Waals surface area contributed by atoms with Crippen LogP contribution < -0.4 is 0 Å². The highest BCUT2D eigenvalue weighted by atomic mass is 16.3. The second-order valence-corrected chi connectivity index (χ2v) is 19.4. The summed E-state index contributed by atoms with van der Waals surface area (Å²) in [6.45, 7) is 0. The van der Waals surface area contributed by atoms with Gasteiger partial charge in [0.1, 0.15) is 11.2 Å². The Morgan fingerprint density at radius 3 is 1.11 bits per heavy atom. The van der Waals surface area contributed by atoms with Gasteiger partial charge in [0.15, 0.2) is 0 Å². The molecule has 0 aliphatic rings. The average molecular weight is 925 g/mol. The first kappa shape index (κ1) is 41.2. The average Bonchev–Trinajstić information content (AvgIpc) is 3.85. The summed E-state index contributed by atoms with van der Waals surface area (Å²) >= 11 is 0. The number of fused-ring (bicyclic) bond motifs is 9. The van der Waals surface area contributed by atoms with E-state index in [2.05, 4.69) is 261 Å². The Morgan fingerprint density at radius 1 is 0.192 bits per heavy atom. The molecule has 0 N–H and O–H groups in total. The Morgan fingerprint density at radius 2 is 0.562 bits per heavy atom. The summed E-state index contributed by atoms with van der Waals surface area (Å²) in [6, 6.07) is 98.1. The third kappa shape index (κ3) is 6.49. The molecular formula is C72H44O. The van der Waals surface area contributed by atoms with Crippen LogP contribution in [-0.2, 0) is 0 Å². The Hall–Kier alpha value is -9.56. The summed E-state index contributed by atoms with van der Waals surface area (Å²) in [5, 5.41) is 17.1. The Balaban J connectivity index is 0.860. The van der Waals surface area contributed by atoms with Crippen molar-refractivity contribution < 1.29 is 4.42 Å². The van der Waals surface area contributed by atoms with E-state index in [0.717, 1.165) is 21.9 Å². The molecule has 0 radical (unpaired) electrons. The van der Waals surface area contributed by atoms with Crippen LogP contribution in [0.3, 0.4) is 0 Å². The van der Waals surface area contributed by atoms with Crippen molar-refractivity contribution in [2.24, 2.45) is 0 Å². The van der Waals surface area contributed by atoms with Gasteiger partial charge in [-0.05, 0) is 156 Å². The normalized spacial score (nSPS) is 11.8. The maximum atomic E-state index is 6.44. The molecule has 73 heavy (non-hydrogen) atoms. The molecule has 15 rings (SSSR count). The summed E-state index contributed by atoms with van der Waals surface area (Å²) in [6.07, 6.45) is 0. The van der Waals surface area contributed by atoms with E-state index in [9.17, 15) is 0 Å². The minimum Gasteiger partial charge on any atom is -0.456 e. The van der Waals surface area contributed by atoms with E-state index < -0.39 is 0 Å². The molecule has 0 atom stereocenters. The van der Waals surface area contributed by atoms with E-state index in [1.54, 1.807) is 0 Å². The maximum Gasteiger partial charge on any atom is 0.136 e. The molecule has 0 aliphatic carbocycles. The number of rotatable bonds is 6. The lowest BCUT2D eigenvalue weighted by Gasteiger charge is -2.19. The van der Waals surface area contributed by atoms with Gasteiger partial charge in [-0.1, -0.05) is 243 Å². The predicted molar refractivity (Wildman–Crippen MR) is 311 cm³/mol. The topological polar surface area (TPSA) is 13.1 Å². The summed E-state index contributed by atoms with van der Waals surface area (Å²) in [4.78, 5) is 0. The maximum absolute atomic E-state index is 6.44. The summed E-state index contributed by atoms with van der Waals surface area (Å²) < 4.78 is 6.44. The Labute approximate surface area is 422 Å². The van der Waals surface area contributed by atoms with Crippen molar-refractivity contribution in [3.05, 3.63) is 267 Å². The van der Waals surface area contributed by atoms with Crippen LogP contribution >= 0.6 is 0 Å². The molecule has 1 heteroatoms. The van der Waals surface area contributed by atoms with Gasteiger partial charge in [-0.25, -0.2) is 0 Å². The summed E-state index contributed by atoms with van der Waals surface area (Å²) in [5.41, 5.74) is 16.5. The van der Waals surface area contributed by atoms with Crippen molar-refractivity contribution in [2.75, 3.05) is 0 Å². The zero-order chi connectivity index (χ0) is 48.0. The first-order valence-electron chi connectivity index (χ1n) is 25.2. The SMILES string of the molecule is c1ccc(-c2c3ccccc3c(-c3ccc(-c4cccc5ccc(-c6ccc7cccc(-c8c9ccccc9c(-c9cccc%10oc%11ccccc%11c9%10)c9ccccc89)c7c6)cc45)cc3)c3ccccc23)cc1. The lowest BCUT2D eigenvalue weighted by molar-refractivity contribution is 0.669. The molecule has 1 aromatic heterocycles. The quantitative estimate of drug-likeness (QED) is 0.151. The molecular weight excluding hydrogens is 881 g/mol. The summed E-state index contributed by atoms with van der Waals surface area (Å²) in [5.74, 6) is 0. The van der Waals surface area contributed by atoms with Gasteiger partial charge in [-0.15, -0.1) is 0 Å². The van der Waals surface area contributed by atoms with Crippen molar-refractivity contribution in [3.8, 4) is 66.8 Å². The molecule has 0 aliphatic heterocycles. The van der Waals surface area contributed by atoms with E-state index in [-0.39, 0.29) is 0 Å². The lowest BCUT2D eigenvalue weighted by atomic mass is 9.83. The molecule has 338 valence electrons. The number of para-hydroxylation sites is 1. The van der Waals surface area contributed by atoms with Crippen molar-refractivity contribution >= 4 is 86.6 Å². The van der Waals surface area contributed by atoms with Gasteiger partial charge in [0, 0.05) is 10.8 Å².